The Bertz CT molecular complexity index is 814. The maximum Gasteiger partial charge on any atom is 0.327 e. The molecule has 1 aliphatic rings. The van der Waals surface area contributed by atoms with Crippen molar-refractivity contribution in [1.29, 1.82) is 0 Å². The predicted molar refractivity (Wildman–Crippen MR) is 69.4 cm³/mol. The summed E-state index contributed by atoms with van der Waals surface area (Å²) < 4.78 is 0. The van der Waals surface area contributed by atoms with Gasteiger partial charge in [-0.15, -0.1) is 0 Å². The predicted octanol–water partition coefficient (Wildman–Crippen LogP) is 0.767. The third-order valence-corrected chi connectivity index (χ3v) is 3.39. The van der Waals surface area contributed by atoms with Gasteiger partial charge in [-0.2, -0.15) is 0 Å². The standard InChI is InChI=1S/C13H13N3O3/c1-13(2)4-8-6(9(17)5-13)3-7-10(14-8)15-12(19)16-11(7)18/h3H,4-5H2,1-2H3,(H2,14,15,16,18,19). The minimum atomic E-state index is -0.591. The van der Waals surface area contributed by atoms with E-state index in [9.17, 15) is 14.4 Å². The van der Waals surface area contributed by atoms with Crippen LogP contribution in [-0.4, -0.2) is 20.7 Å². The number of aromatic nitrogens is 3. The first-order chi connectivity index (χ1) is 8.85. The summed E-state index contributed by atoms with van der Waals surface area (Å²) in [6.07, 6.45) is 1.09. The van der Waals surface area contributed by atoms with Crippen molar-refractivity contribution >= 4 is 16.8 Å². The van der Waals surface area contributed by atoms with Gasteiger partial charge in [0.25, 0.3) is 5.56 Å². The van der Waals surface area contributed by atoms with Crippen LogP contribution in [0.1, 0.15) is 36.3 Å². The maximum absolute atomic E-state index is 12.1. The number of ketones is 1. The molecule has 0 bridgehead atoms. The summed E-state index contributed by atoms with van der Waals surface area (Å²) in [5.74, 6) is -0.00810. The highest BCUT2D eigenvalue weighted by Crippen LogP contribution is 2.34. The number of fused-ring (bicyclic) bond motifs is 2. The first-order valence-electron chi connectivity index (χ1n) is 6.05. The van der Waals surface area contributed by atoms with Crippen molar-refractivity contribution in [2.24, 2.45) is 5.41 Å². The Morgan fingerprint density at radius 1 is 1.16 bits per heavy atom. The summed E-state index contributed by atoms with van der Waals surface area (Å²) in [5, 5.41) is 0.242. The molecule has 2 heterocycles. The van der Waals surface area contributed by atoms with Crippen molar-refractivity contribution in [3.05, 3.63) is 38.2 Å². The highest BCUT2D eigenvalue weighted by Gasteiger charge is 2.32. The molecule has 0 radical (unpaired) electrons. The van der Waals surface area contributed by atoms with Crippen LogP contribution < -0.4 is 11.2 Å². The van der Waals surface area contributed by atoms with Gasteiger partial charge in [-0.1, -0.05) is 13.8 Å². The van der Waals surface area contributed by atoms with Gasteiger partial charge in [0, 0.05) is 12.0 Å². The number of Topliss-reactive ketones (excluding diaryl/α,β-unsaturated/α-hetero) is 1. The molecule has 19 heavy (non-hydrogen) atoms. The molecule has 0 saturated carbocycles. The number of carbonyl (C=O) groups excluding carboxylic acids is 1. The number of hydrogen-bond donors (Lipinski definition) is 2. The molecule has 1 aliphatic carbocycles. The fraction of sp³-hybridized carbons (Fsp3) is 0.385. The fourth-order valence-corrected chi connectivity index (χ4v) is 2.55. The van der Waals surface area contributed by atoms with Crippen molar-refractivity contribution in [2.75, 3.05) is 0 Å². The molecule has 6 nitrogen and oxygen atoms in total. The molecule has 0 unspecified atom stereocenters. The molecular weight excluding hydrogens is 246 g/mol. The van der Waals surface area contributed by atoms with Crippen LogP contribution in [0, 0.1) is 5.41 Å². The number of rotatable bonds is 0. The van der Waals surface area contributed by atoms with Crippen molar-refractivity contribution in [2.45, 2.75) is 26.7 Å². The lowest BCUT2D eigenvalue weighted by Crippen LogP contribution is -2.29. The van der Waals surface area contributed by atoms with Crippen molar-refractivity contribution in [3.63, 3.8) is 0 Å². The number of nitrogens with zero attached hydrogens (tertiary/aromatic N) is 1. The number of carbonyl (C=O) groups is 1. The summed E-state index contributed by atoms with van der Waals surface area (Å²) in [6, 6.07) is 1.53. The molecular formula is C13H13N3O3. The van der Waals surface area contributed by atoms with Crippen molar-refractivity contribution in [3.8, 4) is 0 Å². The van der Waals surface area contributed by atoms with Gasteiger partial charge < -0.3 is 0 Å². The monoisotopic (exact) mass is 259 g/mol. The highest BCUT2D eigenvalue weighted by molar-refractivity contribution is 6.01. The van der Waals surface area contributed by atoms with E-state index >= 15 is 0 Å². The normalized spacial score (nSPS) is 17.5. The Morgan fingerprint density at radius 3 is 2.63 bits per heavy atom. The van der Waals surface area contributed by atoms with Crippen LogP contribution in [0.4, 0.5) is 0 Å². The van der Waals surface area contributed by atoms with Gasteiger partial charge in [0.2, 0.25) is 0 Å². The Balaban J connectivity index is 2.35. The molecule has 0 fully saturated rings. The van der Waals surface area contributed by atoms with Crippen LogP contribution in [0.15, 0.2) is 15.7 Å². The van der Waals surface area contributed by atoms with Crippen LogP contribution in [0.5, 0.6) is 0 Å². The van der Waals surface area contributed by atoms with E-state index in [2.05, 4.69) is 15.0 Å². The van der Waals surface area contributed by atoms with Gasteiger partial charge in [0.05, 0.1) is 11.1 Å². The van der Waals surface area contributed by atoms with Gasteiger partial charge in [0.15, 0.2) is 5.78 Å². The minimum Gasteiger partial charge on any atom is -0.294 e. The zero-order valence-electron chi connectivity index (χ0n) is 10.7. The van der Waals surface area contributed by atoms with E-state index in [-0.39, 0.29) is 22.2 Å². The topological polar surface area (TPSA) is 95.7 Å². The molecule has 2 aromatic rings. The maximum atomic E-state index is 12.1. The highest BCUT2D eigenvalue weighted by atomic mass is 16.2. The Hall–Kier alpha value is -2.24. The summed E-state index contributed by atoms with van der Waals surface area (Å²) in [5.41, 5.74) is 0.113. The second kappa shape index (κ2) is 3.63. The number of H-pyrrole nitrogens is 2. The molecule has 3 rings (SSSR count). The molecule has 98 valence electrons. The molecule has 0 aliphatic heterocycles. The number of nitrogens with one attached hydrogen (secondary N) is 2. The van der Waals surface area contributed by atoms with Crippen LogP contribution >= 0.6 is 0 Å². The molecule has 0 amide bonds. The van der Waals surface area contributed by atoms with Gasteiger partial charge in [-0.05, 0) is 17.9 Å². The summed E-state index contributed by atoms with van der Waals surface area (Å²) in [6.45, 7) is 4.00. The van der Waals surface area contributed by atoms with Gasteiger partial charge in [0.1, 0.15) is 5.65 Å². The van der Waals surface area contributed by atoms with E-state index in [0.29, 0.717) is 24.1 Å². The SMILES string of the molecule is CC1(C)CC(=O)c2cc3c(=O)[nH]c(=O)[nH]c3nc2C1. The third kappa shape index (κ3) is 1.89. The average molecular weight is 259 g/mol. The summed E-state index contributed by atoms with van der Waals surface area (Å²) >= 11 is 0. The van der Waals surface area contributed by atoms with Gasteiger partial charge >= 0.3 is 5.69 Å². The summed E-state index contributed by atoms with van der Waals surface area (Å²) in [7, 11) is 0. The van der Waals surface area contributed by atoms with Crippen LogP contribution in [0.2, 0.25) is 0 Å². The minimum absolute atomic E-state index is 0.00810. The number of pyridine rings is 1. The number of aromatic amines is 2. The van der Waals surface area contributed by atoms with Crippen LogP contribution in [0.25, 0.3) is 11.0 Å². The Kier molecular flexibility index (Phi) is 2.26. The zero-order chi connectivity index (χ0) is 13.8. The largest absolute Gasteiger partial charge is 0.327 e. The Morgan fingerprint density at radius 2 is 1.89 bits per heavy atom. The van der Waals surface area contributed by atoms with E-state index in [1.54, 1.807) is 0 Å². The fourth-order valence-electron chi connectivity index (χ4n) is 2.55. The second-order valence-corrected chi connectivity index (χ2v) is 5.73. The first-order valence-corrected chi connectivity index (χ1v) is 6.05. The molecule has 6 heteroatoms. The summed E-state index contributed by atoms with van der Waals surface area (Å²) in [4.78, 5) is 43.9. The van der Waals surface area contributed by atoms with E-state index in [4.69, 9.17) is 0 Å². The van der Waals surface area contributed by atoms with Gasteiger partial charge in [-0.25, -0.2) is 9.78 Å². The van der Waals surface area contributed by atoms with Crippen LogP contribution in [-0.2, 0) is 6.42 Å². The Labute approximate surface area is 107 Å². The molecule has 2 N–H and O–H groups in total. The lowest BCUT2D eigenvalue weighted by atomic mass is 9.75. The van der Waals surface area contributed by atoms with Crippen molar-refractivity contribution < 1.29 is 4.79 Å². The van der Waals surface area contributed by atoms with Gasteiger partial charge in [-0.3, -0.25) is 19.6 Å². The number of hydrogen-bond acceptors (Lipinski definition) is 4. The molecule has 0 aromatic carbocycles. The molecule has 0 atom stereocenters. The van der Waals surface area contributed by atoms with Crippen LogP contribution in [0.3, 0.4) is 0 Å². The second-order valence-electron chi connectivity index (χ2n) is 5.73. The molecule has 0 saturated heterocycles. The van der Waals surface area contributed by atoms with E-state index in [0.717, 1.165) is 0 Å². The molecule has 2 aromatic heterocycles. The quantitative estimate of drug-likeness (QED) is 0.730. The average Bonchev–Trinajstić information content (AvgIpc) is 2.24. The zero-order valence-corrected chi connectivity index (χ0v) is 10.7. The van der Waals surface area contributed by atoms with E-state index < -0.39 is 11.2 Å². The molecule has 0 spiro atoms. The third-order valence-electron chi connectivity index (χ3n) is 3.39. The van der Waals surface area contributed by atoms with E-state index in [1.807, 2.05) is 13.8 Å². The lowest BCUT2D eigenvalue weighted by molar-refractivity contribution is 0.0910. The lowest BCUT2D eigenvalue weighted by Gasteiger charge is -2.29. The smallest absolute Gasteiger partial charge is 0.294 e. The van der Waals surface area contributed by atoms with E-state index in [1.165, 1.54) is 6.07 Å². The van der Waals surface area contributed by atoms with Crippen molar-refractivity contribution in [1.82, 2.24) is 15.0 Å². The first kappa shape index (κ1) is 11.8.